The summed E-state index contributed by atoms with van der Waals surface area (Å²) in [4.78, 5) is 9.94. The first-order chi connectivity index (χ1) is 9.59. The lowest BCUT2D eigenvalue weighted by Crippen LogP contribution is -2.34. The zero-order valence-corrected chi connectivity index (χ0v) is 12.5. The fourth-order valence-electron chi connectivity index (χ4n) is 1.21. The van der Waals surface area contributed by atoms with E-state index in [2.05, 4.69) is 10.5 Å². The molecule has 1 rings (SSSR count). The number of nitro groups is 1. The molecule has 0 aromatic heterocycles. The molecule has 0 aliphatic carbocycles. The molecule has 0 heterocycles. The summed E-state index contributed by atoms with van der Waals surface area (Å²) in [6.45, 7) is 4.38. The highest BCUT2D eigenvalue weighted by Gasteiger charge is 2.34. The third kappa shape index (κ3) is 3.76. The summed E-state index contributed by atoms with van der Waals surface area (Å²) in [5.74, 6) is 0. The molecule has 1 aromatic carbocycles. The van der Waals surface area contributed by atoms with Crippen molar-refractivity contribution in [3.05, 3.63) is 34.4 Å². The second-order valence-electron chi connectivity index (χ2n) is 5.06. The molecule has 0 amide bonds. The number of benzene rings is 1. The second kappa shape index (κ2) is 5.88. The molecule has 112 valence electrons. The van der Waals surface area contributed by atoms with Gasteiger partial charge in [-0.15, -0.1) is 0 Å². The second-order valence-corrected chi connectivity index (χ2v) is 7.68. The number of nitro benzene ring substituents is 1. The van der Waals surface area contributed by atoms with Gasteiger partial charge in [-0.05, 0) is 32.9 Å². The van der Waals surface area contributed by atoms with Crippen LogP contribution in [0.3, 0.4) is 0 Å². The Kier molecular flexibility index (Phi) is 4.65. The monoisotopic (exact) mass is 310 g/mol. The van der Waals surface area contributed by atoms with E-state index in [0.717, 1.165) is 0 Å². The van der Waals surface area contributed by atoms with Crippen molar-refractivity contribution in [2.45, 2.75) is 25.5 Å². The lowest BCUT2D eigenvalue weighted by atomic mass is 10.3. The standard InChI is InChI=1S/C12H14N4O4S/c1-12(2,3)21(19,20)11(8-13)15-14-9-4-6-10(7-5-9)16(17)18/h4-7,14H,1-3H3/b15-11+. The Labute approximate surface area is 122 Å². The van der Waals surface area contributed by atoms with Crippen LogP contribution in [0.5, 0.6) is 0 Å². The Morgan fingerprint density at radius 1 is 1.33 bits per heavy atom. The predicted molar refractivity (Wildman–Crippen MR) is 78.4 cm³/mol. The van der Waals surface area contributed by atoms with Crippen molar-refractivity contribution in [3.8, 4) is 6.07 Å². The van der Waals surface area contributed by atoms with Gasteiger partial charge >= 0.3 is 0 Å². The first kappa shape index (κ1) is 16.6. The first-order valence-electron chi connectivity index (χ1n) is 5.82. The third-order valence-corrected chi connectivity index (χ3v) is 4.83. The molecule has 8 nitrogen and oxygen atoms in total. The molecule has 0 aliphatic rings. The van der Waals surface area contributed by atoms with Gasteiger partial charge in [0.05, 0.1) is 15.4 Å². The highest BCUT2D eigenvalue weighted by atomic mass is 32.2. The van der Waals surface area contributed by atoms with E-state index >= 15 is 0 Å². The van der Waals surface area contributed by atoms with E-state index in [1.165, 1.54) is 45.0 Å². The summed E-state index contributed by atoms with van der Waals surface area (Å²) in [7, 11) is -3.86. The van der Waals surface area contributed by atoms with E-state index in [1.807, 2.05) is 0 Å². The molecule has 9 heteroatoms. The van der Waals surface area contributed by atoms with Gasteiger partial charge in [0.15, 0.2) is 0 Å². The van der Waals surface area contributed by atoms with Crippen LogP contribution in [0, 0.1) is 21.4 Å². The first-order valence-corrected chi connectivity index (χ1v) is 7.31. The maximum Gasteiger partial charge on any atom is 0.269 e. The van der Waals surface area contributed by atoms with Crippen molar-refractivity contribution in [2.75, 3.05) is 5.43 Å². The topological polar surface area (TPSA) is 125 Å². The summed E-state index contributed by atoms with van der Waals surface area (Å²) in [6.07, 6.45) is 0. The van der Waals surface area contributed by atoms with Crippen molar-refractivity contribution in [1.29, 1.82) is 5.26 Å². The normalized spacial score (nSPS) is 12.6. The van der Waals surface area contributed by atoms with E-state index in [9.17, 15) is 18.5 Å². The van der Waals surface area contributed by atoms with Crippen molar-refractivity contribution in [1.82, 2.24) is 0 Å². The van der Waals surface area contributed by atoms with Crippen LogP contribution in [0.15, 0.2) is 29.4 Å². The van der Waals surface area contributed by atoms with Gasteiger partial charge in [-0.25, -0.2) is 8.42 Å². The summed E-state index contributed by atoms with van der Waals surface area (Å²) in [5.41, 5.74) is 2.63. The van der Waals surface area contributed by atoms with E-state index in [-0.39, 0.29) is 5.69 Å². The van der Waals surface area contributed by atoms with Gasteiger partial charge in [-0.2, -0.15) is 10.4 Å². The maximum atomic E-state index is 12.1. The number of nitrogens with one attached hydrogen (secondary N) is 1. The van der Waals surface area contributed by atoms with E-state index in [4.69, 9.17) is 5.26 Å². The number of nitrogens with zero attached hydrogens (tertiary/aromatic N) is 3. The maximum absolute atomic E-state index is 12.1. The van der Waals surface area contributed by atoms with Crippen LogP contribution in [0.1, 0.15) is 20.8 Å². The number of hydrogen-bond donors (Lipinski definition) is 1. The van der Waals surface area contributed by atoms with Crippen LogP contribution in [-0.4, -0.2) is 23.1 Å². The zero-order chi connectivity index (χ0) is 16.3. The summed E-state index contributed by atoms with van der Waals surface area (Å²) in [5, 5.41) is 22.4. The lowest BCUT2D eigenvalue weighted by molar-refractivity contribution is -0.384. The molecule has 0 saturated heterocycles. The molecule has 0 atom stereocenters. The van der Waals surface area contributed by atoms with Crippen molar-refractivity contribution >= 4 is 26.3 Å². The predicted octanol–water partition coefficient (Wildman–Crippen LogP) is 2.06. The van der Waals surface area contributed by atoms with E-state index < -0.39 is 24.6 Å². The third-order valence-electron chi connectivity index (χ3n) is 2.52. The van der Waals surface area contributed by atoms with Crippen LogP contribution in [0.2, 0.25) is 0 Å². The lowest BCUT2D eigenvalue weighted by Gasteiger charge is -2.17. The minimum absolute atomic E-state index is 0.104. The van der Waals surface area contributed by atoms with Gasteiger partial charge in [0.25, 0.3) is 10.7 Å². The molecule has 1 aromatic rings. The van der Waals surface area contributed by atoms with Crippen LogP contribution in [0.25, 0.3) is 0 Å². The minimum atomic E-state index is -3.86. The Balaban J connectivity index is 3.03. The number of non-ortho nitro benzene ring substituents is 1. The largest absolute Gasteiger partial charge is 0.277 e. The molecule has 0 fully saturated rings. The van der Waals surface area contributed by atoms with Gasteiger partial charge < -0.3 is 0 Å². The molecule has 0 bridgehead atoms. The van der Waals surface area contributed by atoms with Gasteiger partial charge in [-0.3, -0.25) is 15.5 Å². The molecule has 0 saturated carbocycles. The Hall–Kier alpha value is -2.47. The molecule has 0 radical (unpaired) electrons. The molecular weight excluding hydrogens is 296 g/mol. The smallest absolute Gasteiger partial charge is 0.269 e. The number of anilines is 1. The number of hydrazone groups is 1. The number of hydrogen-bond acceptors (Lipinski definition) is 7. The Morgan fingerprint density at radius 2 is 1.86 bits per heavy atom. The summed E-state index contributed by atoms with van der Waals surface area (Å²) >= 11 is 0. The summed E-state index contributed by atoms with van der Waals surface area (Å²) < 4.78 is 23.0. The van der Waals surface area contributed by atoms with E-state index in [0.29, 0.717) is 5.69 Å². The SMILES string of the molecule is CC(C)(C)S(=O)(=O)/C(C#N)=N/Nc1ccc([N+](=O)[O-])cc1. The van der Waals surface area contributed by atoms with Crippen LogP contribution in [0.4, 0.5) is 11.4 Å². The molecule has 21 heavy (non-hydrogen) atoms. The molecule has 0 unspecified atom stereocenters. The Morgan fingerprint density at radius 3 is 2.24 bits per heavy atom. The summed E-state index contributed by atoms with van der Waals surface area (Å²) in [6, 6.07) is 6.74. The number of nitriles is 1. The quantitative estimate of drug-likeness (QED) is 0.394. The van der Waals surface area contributed by atoms with Crippen molar-refractivity contribution in [3.63, 3.8) is 0 Å². The van der Waals surface area contributed by atoms with Crippen molar-refractivity contribution < 1.29 is 13.3 Å². The fraction of sp³-hybridized carbons (Fsp3) is 0.333. The van der Waals surface area contributed by atoms with Crippen molar-refractivity contribution in [2.24, 2.45) is 5.10 Å². The van der Waals surface area contributed by atoms with Gasteiger partial charge in [0.1, 0.15) is 6.07 Å². The molecule has 0 aliphatic heterocycles. The molecule has 1 N–H and O–H groups in total. The minimum Gasteiger partial charge on any atom is -0.277 e. The molecular formula is C12H14N4O4S. The highest BCUT2D eigenvalue weighted by Crippen LogP contribution is 2.19. The van der Waals surface area contributed by atoms with Gasteiger partial charge in [0.2, 0.25) is 9.84 Å². The van der Waals surface area contributed by atoms with Gasteiger partial charge in [-0.1, -0.05) is 0 Å². The number of sulfone groups is 1. The highest BCUT2D eigenvalue weighted by molar-refractivity contribution is 8.08. The van der Waals surface area contributed by atoms with Crippen LogP contribution >= 0.6 is 0 Å². The van der Waals surface area contributed by atoms with Crippen LogP contribution < -0.4 is 5.43 Å². The zero-order valence-electron chi connectivity index (χ0n) is 11.7. The van der Waals surface area contributed by atoms with Crippen LogP contribution in [-0.2, 0) is 9.84 Å². The fourth-order valence-corrected chi connectivity index (χ4v) is 2.07. The molecule has 0 spiro atoms. The average Bonchev–Trinajstić information content (AvgIpc) is 2.38. The average molecular weight is 310 g/mol. The van der Waals surface area contributed by atoms with Gasteiger partial charge in [0, 0.05) is 12.1 Å². The number of rotatable bonds is 3. The Bertz CT molecular complexity index is 709. The van der Waals surface area contributed by atoms with E-state index in [1.54, 1.807) is 6.07 Å².